The van der Waals surface area contributed by atoms with E-state index in [0.29, 0.717) is 26.1 Å². The summed E-state index contributed by atoms with van der Waals surface area (Å²) in [5.74, 6) is 0. The zero-order chi connectivity index (χ0) is 13.1. The van der Waals surface area contributed by atoms with Crippen LogP contribution in [-0.2, 0) is 9.47 Å². The van der Waals surface area contributed by atoms with E-state index in [9.17, 15) is 9.90 Å². The van der Waals surface area contributed by atoms with Gasteiger partial charge in [0.2, 0.25) is 0 Å². The largest absolute Gasteiger partial charge is 0.444 e. The average molecular weight is 245 g/mol. The first-order valence-electron chi connectivity index (χ1n) is 6.11. The molecule has 0 aliphatic carbocycles. The number of ether oxygens (including phenoxy) is 2. The van der Waals surface area contributed by atoms with E-state index in [2.05, 4.69) is 0 Å². The molecular formula is C12H23NO4. The van der Waals surface area contributed by atoms with Crippen molar-refractivity contribution in [2.45, 2.75) is 51.9 Å². The number of morpholine rings is 1. The molecule has 0 spiro atoms. The lowest BCUT2D eigenvalue weighted by molar-refractivity contribution is -0.0898. The normalized spacial score (nSPS) is 23.4. The highest BCUT2D eigenvalue weighted by Gasteiger charge is 2.30. The molecule has 2 atom stereocenters. The summed E-state index contributed by atoms with van der Waals surface area (Å²) in [6, 6.07) is 0. The highest BCUT2D eigenvalue weighted by Crippen LogP contribution is 2.15. The number of rotatable bonds is 2. The first-order chi connectivity index (χ1) is 7.83. The van der Waals surface area contributed by atoms with Gasteiger partial charge in [0.1, 0.15) is 11.7 Å². The van der Waals surface area contributed by atoms with Gasteiger partial charge in [0.15, 0.2) is 0 Å². The first kappa shape index (κ1) is 14.3. The zero-order valence-corrected chi connectivity index (χ0v) is 11.1. The van der Waals surface area contributed by atoms with E-state index in [1.165, 1.54) is 0 Å². The fraction of sp³-hybridized carbons (Fsp3) is 0.917. The van der Waals surface area contributed by atoms with Crippen molar-refractivity contribution in [1.82, 2.24) is 4.90 Å². The fourth-order valence-electron chi connectivity index (χ4n) is 1.66. The Bertz CT molecular complexity index is 262. The van der Waals surface area contributed by atoms with Gasteiger partial charge in [0.25, 0.3) is 0 Å². The molecule has 1 fully saturated rings. The molecule has 0 unspecified atom stereocenters. The molecule has 1 heterocycles. The quantitative estimate of drug-likeness (QED) is 0.798. The van der Waals surface area contributed by atoms with E-state index in [-0.39, 0.29) is 12.2 Å². The van der Waals surface area contributed by atoms with Crippen molar-refractivity contribution in [3.05, 3.63) is 0 Å². The van der Waals surface area contributed by atoms with Crippen molar-refractivity contribution in [2.24, 2.45) is 0 Å². The summed E-state index contributed by atoms with van der Waals surface area (Å²) in [6.45, 7) is 8.75. The molecule has 1 N–H and O–H groups in total. The van der Waals surface area contributed by atoms with Crippen LogP contribution in [0.3, 0.4) is 0 Å². The van der Waals surface area contributed by atoms with Crippen LogP contribution in [0, 0.1) is 0 Å². The lowest BCUT2D eigenvalue weighted by Crippen LogP contribution is -2.50. The number of aliphatic hydroxyl groups is 1. The molecular weight excluding hydrogens is 222 g/mol. The van der Waals surface area contributed by atoms with E-state index in [0.717, 1.165) is 0 Å². The molecule has 1 saturated heterocycles. The summed E-state index contributed by atoms with van der Waals surface area (Å²) in [5, 5.41) is 9.71. The van der Waals surface area contributed by atoms with Crippen molar-refractivity contribution in [3.63, 3.8) is 0 Å². The van der Waals surface area contributed by atoms with Gasteiger partial charge in [-0.05, 0) is 27.2 Å². The number of hydrogen-bond donors (Lipinski definition) is 1. The van der Waals surface area contributed by atoms with Gasteiger partial charge in [0, 0.05) is 6.54 Å². The molecule has 0 saturated carbocycles. The van der Waals surface area contributed by atoms with Crippen LogP contribution in [0.15, 0.2) is 0 Å². The van der Waals surface area contributed by atoms with E-state index in [1.807, 2.05) is 27.7 Å². The number of carbonyl (C=O) groups is 1. The van der Waals surface area contributed by atoms with E-state index >= 15 is 0 Å². The number of aliphatic hydroxyl groups excluding tert-OH is 1. The highest BCUT2D eigenvalue weighted by atomic mass is 16.6. The fourth-order valence-corrected chi connectivity index (χ4v) is 1.66. The van der Waals surface area contributed by atoms with Crippen molar-refractivity contribution in [1.29, 1.82) is 0 Å². The second-order valence-corrected chi connectivity index (χ2v) is 5.31. The predicted molar refractivity (Wildman–Crippen MR) is 63.8 cm³/mol. The van der Waals surface area contributed by atoms with Crippen LogP contribution >= 0.6 is 0 Å². The number of nitrogens with zero attached hydrogens (tertiary/aromatic N) is 1. The first-order valence-corrected chi connectivity index (χ1v) is 6.11. The summed E-state index contributed by atoms with van der Waals surface area (Å²) in [5.41, 5.74) is -0.492. The molecule has 1 aliphatic rings. The highest BCUT2D eigenvalue weighted by molar-refractivity contribution is 5.68. The summed E-state index contributed by atoms with van der Waals surface area (Å²) < 4.78 is 10.7. The average Bonchev–Trinajstić information content (AvgIpc) is 2.26. The van der Waals surface area contributed by atoms with Crippen molar-refractivity contribution >= 4 is 6.09 Å². The Morgan fingerprint density at radius 1 is 1.59 bits per heavy atom. The summed E-state index contributed by atoms with van der Waals surface area (Å²) in [6.07, 6.45) is -0.553. The standard InChI is InChI=1S/C12H23NO4/c1-5-9(14)10-8-13(6-7-16-10)11(15)17-12(2,3)4/h9-10,14H,5-8H2,1-4H3/t9-,10+/m0/s1. The van der Waals surface area contributed by atoms with Crippen LogP contribution in [0.4, 0.5) is 4.79 Å². The van der Waals surface area contributed by atoms with E-state index < -0.39 is 11.7 Å². The number of amides is 1. The Morgan fingerprint density at radius 3 is 2.76 bits per heavy atom. The van der Waals surface area contributed by atoms with Crippen molar-refractivity contribution in [3.8, 4) is 0 Å². The van der Waals surface area contributed by atoms with Crippen LogP contribution < -0.4 is 0 Å². The Balaban J connectivity index is 2.52. The third kappa shape index (κ3) is 4.52. The molecule has 100 valence electrons. The lowest BCUT2D eigenvalue weighted by Gasteiger charge is -2.35. The molecule has 1 amide bonds. The molecule has 0 aromatic rings. The molecule has 0 aromatic carbocycles. The summed E-state index contributed by atoms with van der Waals surface area (Å²) >= 11 is 0. The van der Waals surface area contributed by atoms with Crippen LogP contribution in [0.2, 0.25) is 0 Å². The Hall–Kier alpha value is -0.810. The lowest BCUT2D eigenvalue weighted by atomic mass is 10.1. The SMILES string of the molecule is CC[C@H](O)[C@H]1CN(C(=O)OC(C)(C)C)CCO1. The maximum atomic E-state index is 11.8. The van der Waals surface area contributed by atoms with Crippen LogP contribution in [-0.4, -0.2) is 53.6 Å². The maximum absolute atomic E-state index is 11.8. The summed E-state index contributed by atoms with van der Waals surface area (Å²) in [7, 11) is 0. The van der Waals surface area contributed by atoms with Gasteiger partial charge >= 0.3 is 6.09 Å². The maximum Gasteiger partial charge on any atom is 0.410 e. The van der Waals surface area contributed by atoms with Gasteiger partial charge in [-0.2, -0.15) is 0 Å². The Kier molecular flexibility index (Phi) is 4.77. The number of hydrogen-bond acceptors (Lipinski definition) is 4. The minimum Gasteiger partial charge on any atom is -0.444 e. The van der Waals surface area contributed by atoms with E-state index in [4.69, 9.17) is 9.47 Å². The third-order valence-corrected chi connectivity index (χ3v) is 2.59. The monoisotopic (exact) mass is 245 g/mol. The van der Waals surface area contributed by atoms with Crippen LogP contribution in [0.5, 0.6) is 0 Å². The molecule has 17 heavy (non-hydrogen) atoms. The second kappa shape index (κ2) is 5.69. The second-order valence-electron chi connectivity index (χ2n) is 5.31. The third-order valence-electron chi connectivity index (χ3n) is 2.59. The molecule has 1 aliphatic heterocycles. The molecule has 5 nitrogen and oxygen atoms in total. The van der Waals surface area contributed by atoms with E-state index in [1.54, 1.807) is 4.90 Å². The van der Waals surface area contributed by atoms with Gasteiger partial charge in [-0.15, -0.1) is 0 Å². The Morgan fingerprint density at radius 2 is 2.24 bits per heavy atom. The topological polar surface area (TPSA) is 59.0 Å². The molecule has 0 radical (unpaired) electrons. The van der Waals surface area contributed by atoms with Gasteiger partial charge in [-0.25, -0.2) is 4.79 Å². The van der Waals surface area contributed by atoms with Crippen molar-refractivity contribution in [2.75, 3.05) is 19.7 Å². The molecule has 0 aromatic heterocycles. The molecule has 0 bridgehead atoms. The molecule has 1 rings (SSSR count). The van der Waals surface area contributed by atoms with Gasteiger partial charge in [0.05, 0.1) is 19.3 Å². The van der Waals surface area contributed by atoms with Gasteiger partial charge < -0.3 is 19.5 Å². The molecule has 5 heteroatoms. The zero-order valence-electron chi connectivity index (χ0n) is 11.1. The number of carbonyl (C=O) groups excluding carboxylic acids is 1. The van der Waals surface area contributed by atoms with Crippen LogP contribution in [0.1, 0.15) is 34.1 Å². The van der Waals surface area contributed by atoms with Gasteiger partial charge in [-0.3, -0.25) is 0 Å². The smallest absolute Gasteiger partial charge is 0.410 e. The van der Waals surface area contributed by atoms with Crippen LogP contribution in [0.25, 0.3) is 0 Å². The Labute approximate surface area is 103 Å². The summed E-state index contributed by atoms with van der Waals surface area (Å²) in [4.78, 5) is 13.4. The minimum atomic E-state index is -0.528. The predicted octanol–water partition coefficient (Wildman–Crippen LogP) is 1.39. The van der Waals surface area contributed by atoms with Crippen molar-refractivity contribution < 1.29 is 19.4 Å². The van der Waals surface area contributed by atoms with Gasteiger partial charge in [-0.1, -0.05) is 6.92 Å². The minimum absolute atomic E-state index is 0.304.